The molecule has 1 fully saturated rings. The predicted molar refractivity (Wildman–Crippen MR) is 70.4 cm³/mol. The van der Waals surface area contributed by atoms with Crippen molar-refractivity contribution in [1.82, 2.24) is 0 Å². The normalized spacial score (nSPS) is 23.0. The zero-order chi connectivity index (χ0) is 12.3. The first-order valence-electron chi connectivity index (χ1n) is 5.17. The molecule has 6 heteroatoms. The van der Waals surface area contributed by atoms with Crippen molar-refractivity contribution >= 4 is 28.6 Å². The largest absolute Gasteiger partial charge is 0.462 e. The molecule has 5 nitrogen and oxygen atoms in total. The Hall–Kier alpha value is -1.27. The molecule has 0 radical (unpaired) electrons. The maximum Gasteiger partial charge on any atom is 0.313 e. The van der Waals surface area contributed by atoms with Crippen molar-refractivity contribution in [3.8, 4) is 0 Å². The van der Waals surface area contributed by atoms with Crippen LogP contribution in [0.1, 0.15) is 17.9 Å². The lowest BCUT2D eigenvalue weighted by Crippen LogP contribution is -2.09. The fraction of sp³-hybridized carbons (Fsp3) is 0.364. The van der Waals surface area contributed by atoms with Crippen molar-refractivity contribution in [2.24, 2.45) is 5.11 Å². The third-order valence-electron chi connectivity index (χ3n) is 2.69. The van der Waals surface area contributed by atoms with E-state index in [1.165, 1.54) is 0 Å². The standard InChI is InChI=1S/C11H10IN3O2/c12-8-3-1-7(2-4-8)10-5-9(6-14-15-13)17-11(10)16/h1-4,9-10H,5-6H2. The number of hydrogen-bond donors (Lipinski definition) is 0. The minimum absolute atomic E-state index is 0.211. The van der Waals surface area contributed by atoms with E-state index in [9.17, 15) is 4.79 Å². The molecule has 1 aromatic carbocycles. The van der Waals surface area contributed by atoms with Crippen LogP contribution in [0, 0.1) is 3.57 Å². The van der Waals surface area contributed by atoms with Gasteiger partial charge >= 0.3 is 5.97 Å². The minimum Gasteiger partial charge on any atom is -0.462 e. The van der Waals surface area contributed by atoms with Crippen LogP contribution < -0.4 is 0 Å². The number of hydrogen-bond acceptors (Lipinski definition) is 3. The van der Waals surface area contributed by atoms with Gasteiger partial charge in [-0.05, 0) is 45.8 Å². The maximum atomic E-state index is 11.7. The van der Waals surface area contributed by atoms with E-state index in [4.69, 9.17) is 10.3 Å². The van der Waals surface area contributed by atoms with Crippen LogP contribution >= 0.6 is 22.6 Å². The number of carbonyl (C=O) groups excluding carboxylic acids is 1. The van der Waals surface area contributed by atoms with Crippen molar-refractivity contribution in [3.05, 3.63) is 43.8 Å². The highest BCUT2D eigenvalue weighted by molar-refractivity contribution is 14.1. The number of benzene rings is 1. The van der Waals surface area contributed by atoms with Crippen LogP contribution in [-0.4, -0.2) is 18.6 Å². The van der Waals surface area contributed by atoms with Gasteiger partial charge in [0.2, 0.25) is 0 Å². The molecule has 1 aromatic rings. The zero-order valence-electron chi connectivity index (χ0n) is 8.91. The second kappa shape index (κ2) is 5.37. The number of carbonyl (C=O) groups is 1. The summed E-state index contributed by atoms with van der Waals surface area (Å²) in [5, 5.41) is 3.43. The Labute approximate surface area is 112 Å². The van der Waals surface area contributed by atoms with Crippen molar-refractivity contribution in [3.63, 3.8) is 0 Å². The summed E-state index contributed by atoms with van der Waals surface area (Å²) in [7, 11) is 0. The second-order valence-corrected chi connectivity index (χ2v) is 5.06. The number of halogens is 1. The molecule has 1 saturated heterocycles. The van der Waals surface area contributed by atoms with Crippen molar-refractivity contribution in [1.29, 1.82) is 0 Å². The van der Waals surface area contributed by atoms with Gasteiger partial charge in [-0.1, -0.05) is 17.2 Å². The maximum absolute atomic E-state index is 11.7. The molecule has 0 aliphatic carbocycles. The molecule has 0 saturated carbocycles. The van der Waals surface area contributed by atoms with Crippen molar-refractivity contribution in [2.75, 3.05) is 6.54 Å². The average Bonchev–Trinajstić information content (AvgIpc) is 2.69. The molecule has 17 heavy (non-hydrogen) atoms. The molecule has 2 atom stereocenters. The highest BCUT2D eigenvalue weighted by Gasteiger charge is 2.34. The quantitative estimate of drug-likeness (QED) is 0.278. The molecule has 1 aliphatic rings. The molecule has 1 heterocycles. The molecular weight excluding hydrogens is 333 g/mol. The van der Waals surface area contributed by atoms with Crippen LogP contribution in [0.25, 0.3) is 10.4 Å². The molecule has 2 rings (SSSR count). The van der Waals surface area contributed by atoms with Crippen molar-refractivity contribution in [2.45, 2.75) is 18.4 Å². The number of ether oxygens (including phenoxy) is 1. The van der Waals surface area contributed by atoms with E-state index in [-0.39, 0.29) is 24.5 Å². The fourth-order valence-corrected chi connectivity index (χ4v) is 2.22. The highest BCUT2D eigenvalue weighted by Crippen LogP contribution is 2.31. The van der Waals surface area contributed by atoms with Gasteiger partial charge in [0, 0.05) is 14.9 Å². The summed E-state index contributed by atoms with van der Waals surface area (Å²) in [6, 6.07) is 7.79. The first kappa shape index (κ1) is 12.2. The Morgan fingerprint density at radius 3 is 2.82 bits per heavy atom. The Morgan fingerprint density at radius 1 is 1.47 bits per heavy atom. The van der Waals surface area contributed by atoms with Crippen LogP contribution in [0.5, 0.6) is 0 Å². The molecule has 2 unspecified atom stereocenters. The van der Waals surface area contributed by atoms with Crippen LogP contribution in [0.4, 0.5) is 0 Å². The van der Waals surface area contributed by atoms with Gasteiger partial charge in [-0.2, -0.15) is 0 Å². The monoisotopic (exact) mass is 343 g/mol. The van der Waals surface area contributed by atoms with Crippen molar-refractivity contribution < 1.29 is 9.53 Å². The van der Waals surface area contributed by atoms with Crippen LogP contribution in [-0.2, 0) is 9.53 Å². The third kappa shape index (κ3) is 2.89. The van der Waals surface area contributed by atoms with E-state index in [2.05, 4.69) is 32.6 Å². The molecule has 0 spiro atoms. The molecule has 1 aliphatic heterocycles. The Morgan fingerprint density at radius 2 is 2.18 bits per heavy atom. The number of azide groups is 1. The van der Waals surface area contributed by atoms with Gasteiger partial charge in [-0.3, -0.25) is 4.79 Å². The lowest BCUT2D eigenvalue weighted by Gasteiger charge is -2.05. The summed E-state index contributed by atoms with van der Waals surface area (Å²) in [5.74, 6) is -0.463. The topological polar surface area (TPSA) is 75.1 Å². The molecule has 0 bridgehead atoms. The molecule has 0 amide bonds. The lowest BCUT2D eigenvalue weighted by molar-refractivity contribution is -0.142. The summed E-state index contributed by atoms with van der Waals surface area (Å²) in [4.78, 5) is 14.3. The smallest absolute Gasteiger partial charge is 0.313 e. The SMILES string of the molecule is [N-]=[N+]=NCC1CC(c2ccc(I)cc2)C(=O)O1. The Kier molecular flexibility index (Phi) is 3.86. The third-order valence-corrected chi connectivity index (χ3v) is 3.41. The van der Waals surface area contributed by atoms with E-state index < -0.39 is 0 Å². The lowest BCUT2D eigenvalue weighted by atomic mass is 9.96. The first-order valence-corrected chi connectivity index (χ1v) is 6.25. The van der Waals surface area contributed by atoms with E-state index in [0.717, 1.165) is 9.13 Å². The summed E-state index contributed by atoms with van der Waals surface area (Å²) >= 11 is 2.22. The number of rotatable bonds is 3. The summed E-state index contributed by atoms with van der Waals surface area (Å²) in [6.07, 6.45) is 0.293. The fourth-order valence-electron chi connectivity index (χ4n) is 1.86. The van der Waals surface area contributed by atoms with Gasteiger partial charge in [-0.15, -0.1) is 0 Å². The number of cyclic esters (lactones) is 1. The molecule has 0 N–H and O–H groups in total. The van der Waals surface area contributed by atoms with Crippen LogP contribution in [0.15, 0.2) is 29.4 Å². The van der Waals surface area contributed by atoms with Gasteiger partial charge in [0.15, 0.2) is 0 Å². The van der Waals surface area contributed by atoms with E-state index in [1.807, 2.05) is 24.3 Å². The van der Waals surface area contributed by atoms with Crippen LogP contribution in [0.2, 0.25) is 0 Å². The van der Waals surface area contributed by atoms with Gasteiger partial charge in [0.05, 0.1) is 12.5 Å². The predicted octanol–water partition coefficient (Wildman–Crippen LogP) is 3.00. The molecule has 88 valence electrons. The zero-order valence-corrected chi connectivity index (χ0v) is 11.1. The summed E-state index contributed by atoms with van der Waals surface area (Å²) < 4.78 is 6.28. The van der Waals surface area contributed by atoms with E-state index in [1.54, 1.807) is 0 Å². The van der Waals surface area contributed by atoms with Gasteiger partial charge in [-0.25, -0.2) is 0 Å². The van der Waals surface area contributed by atoms with Gasteiger partial charge in [0.25, 0.3) is 0 Å². The minimum atomic E-state index is -0.289. The number of nitrogens with zero attached hydrogens (tertiary/aromatic N) is 3. The molecule has 0 aromatic heterocycles. The van der Waals surface area contributed by atoms with Crippen LogP contribution in [0.3, 0.4) is 0 Å². The summed E-state index contributed by atoms with van der Waals surface area (Å²) in [5.41, 5.74) is 9.18. The van der Waals surface area contributed by atoms with Gasteiger partial charge in [0.1, 0.15) is 6.10 Å². The highest BCUT2D eigenvalue weighted by atomic mass is 127. The van der Waals surface area contributed by atoms with E-state index in [0.29, 0.717) is 6.42 Å². The Balaban J connectivity index is 2.10. The number of esters is 1. The average molecular weight is 343 g/mol. The molecular formula is C11H10IN3O2. The first-order chi connectivity index (χ1) is 8.20. The second-order valence-electron chi connectivity index (χ2n) is 3.81. The van der Waals surface area contributed by atoms with Gasteiger partial charge < -0.3 is 4.74 Å². The summed E-state index contributed by atoms with van der Waals surface area (Å²) in [6.45, 7) is 0.211. The van der Waals surface area contributed by atoms with E-state index >= 15 is 0 Å². The Bertz CT molecular complexity index is 468.